The zero-order chi connectivity index (χ0) is 35.9. The lowest BCUT2D eigenvalue weighted by Gasteiger charge is -2.26. The molecule has 5 heteroatoms. The molecule has 0 aliphatic carbocycles. The third-order valence-electron chi connectivity index (χ3n) is 10.0. The van der Waals surface area contributed by atoms with E-state index in [2.05, 4.69) is 43.5 Å². The van der Waals surface area contributed by atoms with Crippen LogP contribution in [0.1, 0.15) is 226 Å². The van der Waals surface area contributed by atoms with Gasteiger partial charge in [0.1, 0.15) is 6.10 Å². The maximum atomic E-state index is 12.4. The van der Waals surface area contributed by atoms with Gasteiger partial charge in [-0.05, 0) is 44.9 Å². The topological polar surface area (TPSA) is 89.8 Å². The van der Waals surface area contributed by atoms with Crippen LogP contribution >= 0.6 is 0 Å². The van der Waals surface area contributed by atoms with Crippen LogP contribution in [0.25, 0.3) is 0 Å². The maximum Gasteiger partial charge on any atom is 0.220 e. The molecule has 3 atom stereocenters. The zero-order valence-corrected chi connectivity index (χ0v) is 32.8. The average molecular weight is 692 g/mol. The predicted molar refractivity (Wildman–Crippen MR) is 213 cm³/mol. The zero-order valence-electron chi connectivity index (χ0n) is 32.8. The third-order valence-corrected chi connectivity index (χ3v) is 10.0. The minimum Gasteiger partial charge on any atom is -0.394 e. The highest BCUT2D eigenvalue weighted by Crippen LogP contribution is 2.16. The summed E-state index contributed by atoms with van der Waals surface area (Å²) < 4.78 is 0. The van der Waals surface area contributed by atoms with Gasteiger partial charge < -0.3 is 20.6 Å². The predicted octanol–water partition coefficient (Wildman–Crippen LogP) is 12.2. The Balaban J connectivity index is 3.51. The minimum atomic E-state index is -1.16. The maximum absolute atomic E-state index is 12.4. The van der Waals surface area contributed by atoms with Crippen molar-refractivity contribution in [3.05, 3.63) is 24.3 Å². The summed E-state index contributed by atoms with van der Waals surface area (Å²) in [5.41, 5.74) is 0. The number of allylic oxidation sites excluding steroid dienone is 4. The molecule has 0 radical (unpaired) electrons. The van der Waals surface area contributed by atoms with Crippen LogP contribution in [0.15, 0.2) is 24.3 Å². The van der Waals surface area contributed by atoms with Gasteiger partial charge in [0.25, 0.3) is 0 Å². The Morgan fingerprint density at radius 1 is 0.510 bits per heavy atom. The summed E-state index contributed by atoms with van der Waals surface area (Å²) in [6.07, 6.45) is 47.5. The number of rotatable bonds is 39. The van der Waals surface area contributed by atoms with Gasteiger partial charge in [-0.1, -0.05) is 199 Å². The summed E-state index contributed by atoms with van der Waals surface area (Å²) in [6, 6.07) is -0.826. The lowest BCUT2D eigenvalue weighted by atomic mass is 10.0. The van der Waals surface area contributed by atoms with Crippen LogP contribution in [-0.4, -0.2) is 46.1 Å². The fourth-order valence-electron chi connectivity index (χ4n) is 6.72. The fraction of sp³-hybridized carbons (Fsp3) is 0.886. The second kappa shape index (κ2) is 39.6. The van der Waals surface area contributed by atoms with E-state index in [0.717, 1.165) is 51.4 Å². The number of carbonyl (C=O) groups is 1. The van der Waals surface area contributed by atoms with Crippen molar-refractivity contribution >= 4 is 5.91 Å². The Kier molecular flexibility index (Phi) is 38.7. The van der Waals surface area contributed by atoms with Crippen molar-refractivity contribution in [3.8, 4) is 0 Å². The highest BCUT2D eigenvalue weighted by atomic mass is 16.3. The van der Waals surface area contributed by atoms with Crippen molar-refractivity contribution in [2.24, 2.45) is 0 Å². The van der Waals surface area contributed by atoms with Crippen molar-refractivity contribution in [2.45, 2.75) is 244 Å². The lowest BCUT2D eigenvalue weighted by molar-refractivity contribution is -0.124. The van der Waals surface area contributed by atoms with E-state index in [4.69, 9.17) is 0 Å². The van der Waals surface area contributed by atoms with Crippen molar-refractivity contribution < 1.29 is 20.1 Å². The molecule has 0 rings (SSSR count). The van der Waals surface area contributed by atoms with Gasteiger partial charge in [-0.15, -0.1) is 0 Å². The van der Waals surface area contributed by atoms with Crippen molar-refractivity contribution in [3.63, 3.8) is 0 Å². The molecule has 0 aromatic heterocycles. The monoisotopic (exact) mass is 692 g/mol. The molecule has 0 saturated carbocycles. The van der Waals surface area contributed by atoms with E-state index in [0.29, 0.717) is 12.8 Å². The van der Waals surface area contributed by atoms with E-state index in [1.165, 1.54) is 148 Å². The van der Waals surface area contributed by atoms with E-state index in [1.807, 2.05) is 0 Å². The second-order valence-electron chi connectivity index (χ2n) is 14.9. The van der Waals surface area contributed by atoms with Crippen molar-refractivity contribution in [1.82, 2.24) is 5.32 Å². The Morgan fingerprint density at radius 2 is 0.878 bits per heavy atom. The molecule has 0 aromatic carbocycles. The number of hydrogen-bond acceptors (Lipinski definition) is 4. The molecule has 290 valence electrons. The highest BCUT2D eigenvalue weighted by molar-refractivity contribution is 5.76. The van der Waals surface area contributed by atoms with Crippen LogP contribution in [0.5, 0.6) is 0 Å². The third kappa shape index (κ3) is 35.0. The molecule has 49 heavy (non-hydrogen) atoms. The van der Waals surface area contributed by atoms with Gasteiger partial charge in [-0.3, -0.25) is 4.79 Å². The number of nitrogens with one attached hydrogen (secondary N) is 1. The standard InChI is InChI=1S/C44H85NO4/c1-3-5-7-9-11-13-14-15-16-17-18-19-20-21-22-23-24-25-26-27-28-29-31-33-35-37-39-43(48)45-41(40-46)44(49)42(47)38-36-34-32-30-12-10-8-6-4-2/h6,8,30,32,41-42,44,46-47,49H,3-5,7,9-29,31,33-40H2,1-2H3,(H,45,48)/b8-6+,32-30+. The Morgan fingerprint density at radius 3 is 1.27 bits per heavy atom. The normalized spacial score (nSPS) is 13.8. The molecule has 1 amide bonds. The first-order chi connectivity index (χ1) is 24.1. The van der Waals surface area contributed by atoms with E-state index in [1.54, 1.807) is 0 Å². The van der Waals surface area contributed by atoms with Gasteiger partial charge in [0, 0.05) is 6.42 Å². The van der Waals surface area contributed by atoms with Crippen molar-refractivity contribution in [2.75, 3.05) is 6.61 Å². The molecule has 0 aliphatic heterocycles. The summed E-state index contributed by atoms with van der Waals surface area (Å²) in [6.45, 7) is 4.04. The van der Waals surface area contributed by atoms with Crippen LogP contribution in [0.2, 0.25) is 0 Å². The smallest absolute Gasteiger partial charge is 0.220 e. The van der Waals surface area contributed by atoms with Crippen LogP contribution < -0.4 is 5.32 Å². The Bertz CT molecular complexity index is 724. The molecule has 0 saturated heterocycles. The van der Waals surface area contributed by atoms with Crippen LogP contribution in [0.3, 0.4) is 0 Å². The molecule has 4 N–H and O–H groups in total. The fourth-order valence-corrected chi connectivity index (χ4v) is 6.72. The summed E-state index contributed by atoms with van der Waals surface area (Å²) in [5, 5.41) is 33.3. The summed E-state index contributed by atoms with van der Waals surface area (Å²) in [5.74, 6) is -0.158. The number of unbranched alkanes of at least 4 members (excludes halogenated alkanes) is 27. The number of aliphatic hydroxyl groups excluding tert-OH is 3. The molecular weight excluding hydrogens is 606 g/mol. The lowest BCUT2D eigenvalue weighted by Crippen LogP contribution is -2.50. The largest absolute Gasteiger partial charge is 0.394 e. The molecule has 0 heterocycles. The van der Waals surface area contributed by atoms with Crippen LogP contribution in [0, 0.1) is 0 Å². The summed E-state index contributed by atoms with van der Waals surface area (Å²) in [7, 11) is 0. The Hall–Kier alpha value is -1.17. The van der Waals surface area contributed by atoms with Gasteiger partial charge in [0.15, 0.2) is 0 Å². The first-order valence-electron chi connectivity index (χ1n) is 21.6. The average Bonchev–Trinajstić information content (AvgIpc) is 3.10. The first kappa shape index (κ1) is 47.8. The van der Waals surface area contributed by atoms with Gasteiger partial charge in [0.05, 0.1) is 18.8 Å². The quantitative estimate of drug-likeness (QED) is 0.0381. The Labute approximate surface area is 305 Å². The summed E-state index contributed by atoms with van der Waals surface area (Å²) >= 11 is 0. The summed E-state index contributed by atoms with van der Waals surface area (Å²) in [4.78, 5) is 12.4. The van der Waals surface area contributed by atoms with Gasteiger partial charge >= 0.3 is 0 Å². The number of carbonyl (C=O) groups excluding carboxylic acids is 1. The minimum absolute atomic E-state index is 0.158. The van der Waals surface area contributed by atoms with Crippen LogP contribution in [-0.2, 0) is 4.79 Å². The second-order valence-corrected chi connectivity index (χ2v) is 14.9. The van der Waals surface area contributed by atoms with Gasteiger partial charge in [-0.25, -0.2) is 0 Å². The molecule has 5 nitrogen and oxygen atoms in total. The molecule has 0 aliphatic rings. The van der Waals surface area contributed by atoms with E-state index < -0.39 is 18.2 Å². The molecule has 0 bridgehead atoms. The SMILES string of the molecule is CC/C=C/CC/C=C/CCCC(O)C(O)C(CO)NC(=O)CCCCCCCCCCCCCCCCCCCCCCCCCCCC. The van der Waals surface area contributed by atoms with Crippen molar-refractivity contribution in [1.29, 1.82) is 0 Å². The molecule has 0 fully saturated rings. The molecule has 0 aromatic rings. The molecule has 3 unspecified atom stereocenters. The molecule has 0 spiro atoms. The number of amides is 1. The van der Waals surface area contributed by atoms with E-state index in [9.17, 15) is 20.1 Å². The highest BCUT2D eigenvalue weighted by Gasteiger charge is 2.26. The number of hydrogen-bond donors (Lipinski definition) is 4. The first-order valence-corrected chi connectivity index (χ1v) is 21.6. The van der Waals surface area contributed by atoms with Crippen LogP contribution in [0.4, 0.5) is 0 Å². The van der Waals surface area contributed by atoms with E-state index >= 15 is 0 Å². The van der Waals surface area contributed by atoms with Gasteiger partial charge in [-0.2, -0.15) is 0 Å². The number of aliphatic hydroxyl groups is 3. The molecular formula is C44H85NO4. The van der Waals surface area contributed by atoms with Gasteiger partial charge in [0.2, 0.25) is 5.91 Å². The van der Waals surface area contributed by atoms with E-state index in [-0.39, 0.29) is 12.5 Å².